The maximum atomic E-state index is 12.1. The molecule has 4 nitrogen and oxygen atoms in total. The third-order valence-electron chi connectivity index (χ3n) is 2.95. The molecule has 1 aromatic carbocycles. The number of hydrogen-bond donors (Lipinski definition) is 2. The first-order valence-electron chi connectivity index (χ1n) is 6.42. The predicted molar refractivity (Wildman–Crippen MR) is 74.3 cm³/mol. The van der Waals surface area contributed by atoms with Crippen LogP contribution < -0.4 is 5.32 Å². The molecule has 0 saturated carbocycles. The summed E-state index contributed by atoms with van der Waals surface area (Å²) in [6.45, 7) is 7.60. The second kappa shape index (κ2) is 6.36. The highest BCUT2D eigenvalue weighted by Crippen LogP contribution is 2.12. The fraction of sp³-hybridized carbons (Fsp3) is 0.467. The second-order valence-electron chi connectivity index (χ2n) is 5.31. The quantitative estimate of drug-likeness (QED) is 0.858. The lowest BCUT2D eigenvalue weighted by Gasteiger charge is -2.17. The average Bonchev–Trinajstić information content (AvgIpc) is 2.30. The van der Waals surface area contributed by atoms with E-state index in [0.29, 0.717) is 12.0 Å². The van der Waals surface area contributed by atoms with Crippen molar-refractivity contribution in [2.45, 2.75) is 40.2 Å². The summed E-state index contributed by atoms with van der Waals surface area (Å²) in [5.41, 5.74) is 2.36. The van der Waals surface area contributed by atoms with Gasteiger partial charge in [-0.2, -0.15) is 0 Å². The number of carbonyl (C=O) groups is 2. The van der Waals surface area contributed by atoms with Gasteiger partial charge < -0.3 is 10.4 Å². The summed E-state index contributed by atoms with van der Waals surface area (Å²) in [6.07, 6.45) is 0.423. The Morgan fingerprint density at radius 1 is 1.26 bits per heavy atom. The van der Waals surface area contributed by atoms with E-state index in [0.717, 1.165) is 11.1 Å². The first-order chi connectivity index (χ1) is 8.81. The van der Waals surface area contributed by atoms with Crippen molar-refractivity contribution in [3.05, 3.63) is 34.9 Å². The van der Waals surface area contributed by atoms with Crippen LogP contribution in [0.5, 0.6) is 0 Å². The molecule has 1 aromatic rings. The van der Waals surface area contributed by atoms with Crippen molar-refractivity contribution < 1.29 is 14.7 Å². The zero-order chi connectivity index (χ0) is 14.6. The van der Waals surface area contributed by atoms with Gasteiger partial charge in [-0.3, -0.25) is 4.79 Å². The number of nitrogens with one attached hydrogen (secondary N) is 1. The van der Waals surface area contributed by atoms with Crippen LogP contribution in [0.15, 0.2) is 18.2 Å². The third-order valence-corrected chi connectivity index (χ3v) is 2.95. The van der Waals surface area contributed by atoms with Crippen molar-refractivity contribution in [3.63, 3.8) is 0 Å². The molecule has 0 fully saturated rings. The van der Waals surface area contributed by atoms with E-state index >= 15 is 0 Å². The van der Waals surface area contributed by atoms with Gasteiger partial charge in [0.15, 0.2) is 0 Å². The van der Waals surface area contributed by atoms with Gasteiger partial charge in [0.2, 0.25) is 0 Å². The number of carboxylic acids is 1. The Kier molecular flexibility index (Phi) is 5.10. The van der Waals surface area contributed by atoms with E-state index in [9.17, 15) is 9.59 Å². The fourth-order valence-corrected chi connectivity index (χ4v) is 1.91. The summed E-state index contributed by atoms with van der Waals surface area (Å²) in [5.74, 6) is -1.11. The van der Waals surface area contributed by atoms with Crippen molar-refractivity contribution >= 4 is 11.9 Å². The van der Waals surface area contributed by atoms with Gasteiger partial charge in [0.1, 0.15) is 6.04 Å². The number of carbonyl (C=O) groups excluding carboxylic acids is 1. The van der Waals surface area contributed by atoms with Gasteiger partial charge in [-0.05, 0) is 37.8 Å². The molecule has 0 aliphatic rings. The lowest BCUT2D eigenvalue weighted by Crippen LogP contribution is -2.41. The molecule has 1 atom stereocenters. The van der Waals surface area contributed by atoms with E-state index < -0.39 is 12.0 Å². The van der Waals surface area contributed by atoms with Gasteiger partial charge in [-0.15, -0.1) is 0 Å². The van der Waals surface area contributed by atoms with Crippen molar-refractivity contribution in [2.24, 2.45) is 5.92 Å². The summed E-state index contributed by atoms with van der Waals surface area (Å²) >= 11 is 0. The number of hydrogen-bond acceptors (Lipinski definition) is 2. The number of amides is 1. The first kappa shape index (κ1) is 15.2. The van der Waals surface area contributed by atoms with E-state index in [-0.39, 0.29) is 11.8 Å². The van der Waals surface area contributed by atoms with Crippen LogP contribution >= 0.6 is 0 Å². The number of rotatable bonds is 5. The van der Waals surface area contributed by atoms with Gasteiger partial charge >= 0.3 is 5.97 Å². The Morgan fingerprint density at radius 3 is 2.42 bits per heavy atom. The maximum absolute atomic E-state index is 12.1. The maximum Gasteiger partial charge on any atom is 0.326 e. The summed E-state index contributed by atoms with van der Waals surface area (Å²) in [7, 11) is 0. The van der Waals surface area contributed by atoms with E-state index in [1.165, 1.54) is 0 Å². The second-order valence-corrected chi connectivity index (χ2v) is 5.31. The minimum Gasteiger partial charge on any atom is -0.480 e. The summed E-state index contributed by atoms with van der Waals surface area (Å²) in [6, 6.07) is 4.73. The lowest BCUT2D eigenvalue weighted by molar-refractivity contribution is -0.139. The van der Waals surface area contributed by atoms with Gasteiger partial charge in [0.25, 0.3) is 5.91 Å². The molecule has 0 radical (unpaired) electrons. The normalized spacial score (nSPS) is 12.3. The molecule has 0 spiro atoms. The highest BCUT2D eigenvalue weighted by molar-refractivity contribution is 5.97. The number of aliphatic carboxylic acids is 1. The topological polar surface area (TPSA) is 66.4 Å². The van der Waals surface area contributed by atoms with E-state index in [2.05, 4.69) is 5.32 Å². The average molecular weight is 263 g/mol. The van der Waals surface area contributed by atoms with Gasteiger partial charge in [-0.25, -0.2) is 4.79 Å². The molecule has 0 aromatic heterocycles. The van der Waals surface area contributed by atoms with Crippen molar-refractivity contribution in [2.75, 3.05) is 0 Å². The van der Waals surface area contributed by atoms with Gasteiger partial charge in [0.05, 0.1) is 0 Å². The molecule has 1 rings (SSSR count). The standard InChI is InChI=1S/C15H21NO3/c1-9(2)7-13(15(18)19)16-14(17)12-8-10(3)5-6-11(12)4/h5-6,8-9,13H,7H2,1-4H3,(H,16,17)(H,18,19)/t13-/m0/s1. The van der Waals surface area contributed by atoms with Crippen LogP contribution in [-0.4, -0.2) is 23.0 Å². The number of benzene rings is 1. The first-order valence-corrected chi connectivity index (χ1v) is 6.42. The smallest absolute Gasteiger partial charge is 0.326 e. The molecule has 0 saturated heterocycles. The van der Waals surface area contributed by atoms with Crippen LogP contribution in [0, 0.1) is 19.8 Å². The fourth-order valence-electron chi connectivity index (χ4n) is 1.91. The van der Waals surface area contributed by atoms with Crippen LogP contribution in [0.25, 0.3) is 0 Å². The Bertz CT molecular complexity index is 480. The van der Waals surface area contributed by atoms with Crippen molar-refractivity contribution in [1.82, 2.24) is 5.32 Å². The highest BCUT2D eigenvalue weighted by Gasteiger charge is 2.22. The summed E-state index contributed by atoms with van der Waals surface area (Å²) in [5, 5.41) is 11.7. The molecule has 19 heavy (non-hydrogen) atoms. The van der Waals surface area contributed by atoms with E-state index in [4.69, 9.17) is 5.11 Å². The van der Waals surface area contributed by atoms with Gasteiger partial charge in [-0.1, -0.05) is 31.5 Å². The largest absolute Gasteiger partial charge is 0.480 e. The molecule has 1 amide bonds. The zero-order valence-corrected chi connectivity index (χ0v) is 11.9. The molecule has 2 N–H and O–H groups in total. The number of carboxylic acid groups (broad SMARTS) is 1. The molecule has 0 unspecified atom stereocenters. The van der Waals surface area contributed by atoms with E-state index in [1.807, 2.05) is 39.8 Å². The van der Waals surface area contributed by atoms with Crippen LogP contribution in [-0.2, 0) is 4.79 Å². The third kappa shape index (κ3) is 4.39. The van der Waals surface area contributed by atoms with Gasteiger partial charge in [0, 0.05) is 5.56 Å². The predicted octanol–water partition coefficient (Wildman–Crippen LogP) is 2.53. The van der Waals surface area contributed by atoms with Crippen LogP contribution in [0.4, 0.5) is 0 Å². The summed E-state index contributed by atoms with van der Waals surface area (Å²) in [4.78, 5) is 23.3. The highest BCUT2D eigenvalue weighted by atomic mass is 16.4. The lowest BCUT2D eigenvalue weighted by atomic mass is 10.0. The molecule has 104 valence electrons. The Labute approximate surface area is 113 Å². The molecular weight excluding hydrogens is 242 g/mol. The minimum absolute atomic E-state index is 0.208. The van der Waals surface area contributed by atoms with Crippen molar-refractivity contribution in [3.8, 4) is 0 Å². The Balaban J connectivity index is 2.87. The monoisotopic (exact) mass is 263 g/mol. The zero-order valence-electron chi connectivity index (χ0n) is 11.9. The molecule has 0 bridgehead atoms. The minimum atomic E-state index is -0.993. The van der Waals surface area contributed by atoms with Crippen molar-refractivity contribution in [1.29, 1.82) is 0 Å². The molecule has 0 aliphatic carbocycles. The van der Waals surface area contributed by atoms with Crippen LogP contribution in [0.2, 0.25) is 0 Å². The molecule has 0 aliphatic heterocycles. The Hall–Kier alpha value is -1.84. The molecular formula is C15H21NO3. The van der Waals surface area contributed by atoms with Crippen LogP contribution in [0.3, 0.4) is 0 Å². The SMILES string of the molecule is Cc1ccc(C)c(C(=O)N[C@@H](CC(C)C)C(=O)O)c1. The van der Waals surface area contributed by atoms with Crippen LogP contribution in [0.1, 0.15) is 41.8 Å². The molecule has 4 heteroatoms. The number of aryl methyl sites for hydroxylation is 2. The molecule has 0 heterocycles. The summed E-state index contributed by atoms with van der Waals surface area (Å²) < 4.78 is 0. The Morgan fingerprint density at radius 2 is 1.89 bits per heavy atom. The van der Waals surface area contributed by atoms with E-state index in [1.54, 1.807) is 6.07 Å².